The quantitative estimate of drug-likeness (QED) is 0.769. The first-order valence-corrected chi connectivity index (χ1v) is 5.84. The van der Waals surface area contributed by atoms with Gasteiger partial charge in [-0.05, 0) is 6.07 Å². The highest BCUT2D eigenvalue weighted by molar-refractivity contribution is 7.88. The minimum atomic E-state index is -3.83. The molecule has 0 spiro atoms. The number of halogens is 2. The minimum Gasteiger partial charge on any atom is -0.432 e. The monoisotopic (exact) mass is 252 g/mol. The first-order chi connectivity index (χ1) is 7.29. The summed E-state index contributed by atoms with van der Waals surface area (Å²) in [5.41, 5.74) is 5.33. The molecule has 0 heterocycles. The number of nitrogen functional groups attached to an aromatic ring is 1. The van der Waals surface area contributed by atoms with Crippen LogP contribution in [0.25, 0.3) is 0 Å². The summed E-state index contributed by atoms with van der Waals surface area (Å²) in [6.45, 7) is -3.08. The molecule has 0 saturated heterocycles. The second-order valence-electron chi connectivity index (χ2n) is 3.02. The summed E-state index contributed by atoms with van der Waals surface area (Å²) in [6, 6.07) is 4.05. The number of primary sulfonamides is 1. The number of anilines is 1. The van der Waals surface area contributed by atoms with Gasteiger partial charge >= 0.3 is 6.61 Å². The van der Waals surface area contributed by atoms with E-state index in [1.807, 2.05) is 0 Å². The first-order valence-electron chi connectivity index (χ1n) is 4.12. The fourth-order valence-electron chi connectivity index (χ4n) is 1.17. The molecule has 0 saturated carbocycles. The standard InChI is InChI=1S/C8H10F2N2O3S/c9-8(10)15-7-5(4-16(12,13)14)2-1-3-6(7)11/h1-3,8H,4,11H2,(H2,12,13,14). The van der Waals surface area contributed by atoms with Gasteiger partial charge in [0.25, 0.3) is 0 Å². The number of hydrogen-bond acceptors (Lipinski definition) is 4. The van der Waals surface area contributed by atoms with Crippen LogP contribution < -0.4 is 15.6 Å². The summed E-state index contributed by atoms with van der Waals surface area (Å²) >= 11 is 0. The molecule has 1 aromatic rings. The van der Waals surface area contributed by atoms with Gasteiger partial charge in [0.2, 0.25) is 10.0 Å². The maximum absolute atomic E-state index is 12.1. The highest BCUT2D eigenvalue weighted by Crippen LogP contribution is 2.28. The number of para-hydroxylation sites is 1. The van der Waals surface area contributed by atoms with Crippen molar-refractivity contribution in [2.24, 2.45) is 5.14 Å². The fourth-order valence-corrected chi connectivity index (χ4v) is 1.83. The smallest absolute Gasteiger partial charge is 0.387 e. The van der Waals surface area contributed by atoms with Crippen molar-refractivity contribution in [3.63, 3.8) is 0 Å². The van der Waals surface area contributed by atoms with Gasteiger partial charge in [-0.3, -0.25) is 0 Å². The molecule has 0 unspecified atom stereocenters. The van der Waals surface area contributed by atoms with Crippen molar-refractivity contribution in [3.8, 4) is 5.75 Å². The van der Waals surface area contributed by atoms with Crippen LogP contribution in [0, 0.1) is 0 Å². The van der Waals surface area contributed by atoms with Crippen LogP contribution in [-0.2, 0) is 15.8 Å². The van der Waals surface area contributed by atoms with E-state index in [0.717, 1.165) is 0 Å². The summed E-state index contributed by atoms with van der Waals surface area (Å²) in [6.07, 6.45) is 0. The highest BCUT2D eigenvalue weighted by atomic mass is 32.2. The summed E-state index contributed by atoms with van der Waals surface area (Å²) in [5.74, 6) is -0.966. The summed E-state index contributed by atoms with van der Waals surface area (Å²) < 4.78 is 49.9. The number of benzene rings is 1. The molecule has 0 radical (unpaired) electrons. The van der Waals surface area contributed by atoms with E-state index in [0.29, 0.717) is 0 Å². The molecule has 0 aliphatic heterocycles. The van der Waals surface area contributed by atoms with Gasteiger partial charge in [-0.25, -0.2) is 13.6 Å². The number of rotatable bonds is 4. The summed E-state index contributed by atoms with van der Waals surface area (Å²) in [4.78, 5) is 0. The Balaban J connectivity index is 3.12. The SMILES string of the molecule is Nc1cccc(CS(N)(=O)=O)c1OC(F)F. The van der Waals surface area contributed by atoms with Crippen LogP contribution in [0.3, 0.4) is 0 Å². The Kier molecular flexibility index (Phi) is 3.66. The van der Waals surface area contributed by atoms with E-state index >= 15 is 0 Å². The molecule has 0 aromatic heterocycles. The number of ether oxygens (including phenoxy) is 1. The molecule has 0 amide bonds. The van der Waals surface area contributed by atoms with Gasteiger partial charge in [0, 0.05) is 5.56 Å². The van der Waals surface area contributed by atoms with Crippen LogP contribution in [0.2, 0.25) is 0 Å². The third-order valence-corrected chi connectivity index (χ3v) is 2.40. The Morgan fingerprint density at radius 3 is 2.50 bits per heavy atom. The zero-order valence-electron chi connectivity index (χ0n) is 8.06. The van der Waals surface area contributed by atoms with Gasteiger partial charge in [-0.15, -0.1) is 0 Å². The largest absolute Gasteiger partial charge is 0.432 e. The van der Waals surface area contributed by atoms with E-state index < -0.39 is 22.4 Å². The van der Waals surface area contributed by atoms with E-state index in [-0.39, 0.29) is 17.0 Å². The lowest BCUT2D eigenvalue weighted by molar-refractivity contribution is -0.0498. The van der Waals surface area contributed by atoms with E-state index in [1.54, 1.807) is 0 Å². The lowest BCUT2D eigenvalue weighted by atomic mass is 10.2. The molecule has 8 heteroatoms. The predicted octanol–water partition coefficient (Wildman–Crippen LogP) is 0.659. The normalized spacial score (nSPS) is 11.8. The van der Waals surface area contributed by atoms with Gasteiger partial charge < -0.3 is 10.5 Å². The van der Waals surface area contributed by atoms with Gasteiger partial charge in [0.1, 0.15) is 0 Å². The third kappa shape index (κ3) is 3.63. The van der Waals surface area contributed by atoms with Crippen LogP contribution in [0.5, 0.6) is 5.75 Å². The third-order valence-electron chi connectivity index (χ3n) is 1.69. The molecule has 90 valence electrons. The summed E-state index contributed by atoms with van der Waals surface area (Å²) in [5, 5.41) is 4.81. The molecule has 0 fully saturated rings. The van der Waals surface area contributed by atoms with Crippen molar-refractivity contribution in [2.45, 2.75) is 12.4 Å². The number of sulfonamides is 1. The molecule has 5 nitrogen and oxygen atoms in total. The zero-order valence-corrected chi connectivity index (χ0v) is 8.88. The maximum Gasteiger partial charge on any atom is 0.387 e. The number of nitrogens with two attached hydrogens (primary N) is 2. The van der Waals surface area contributed by atoms with Gasteiger partial charge in [-0.1, -0.05) is 12.1 Å². The second-order valence-corrected chi connectivity index (χ2v) is 4.64. The Morgan fingerprint density at radius 1 is 1.38 bits per heavy atom. The molecule has 0 bridgehead atoms. The van der Waals surface area contributed by atoms with Crippen LogP contribution in [0.4, 0.5) is 14.5 Å². The van der Waals surface area contributed by atoms with Crippen molar-refractivity contribution < 1.29 is 21.9 Å². The molecular weight excluding hydrogens is 242 g/mol. The molecule has 4 N–H and O–H groups in total. The average Bonchev–Trinajstić information content (AvgIpc) is 2.08. The van der Waals surface area contributed by atoms with Crippen molar-refractivity contribution in [1.29, 1.82) is 0 Å². The molecule has 16 heavy (non-hydrogen) atoms. The first kappa shape index (κ1) is 12.7. The molecule has 1 rings (SSSR count). The van der Waals surface area contributed by atoms with Crippen LogP contribution >= 0.6 is 0 Å². The molecule has 1 aromatic carbocycles. The highest BCUT2D eigenvalue weighted by Gasteiger charge is 2.16. The van der Waals surface area contributed by atoms with Gasteiger partial charge in [0.15, 0.2) is 5.75 Å². The number of alkyl halides is 2. The number of hydrogen-bond donors (Lipinski definition) is 2. The van der Waals surface area contributed by atoms with Gasteiger partial charge in [-0.2, -0.15) is 8.78 Å². The molecular formula is C8H10F2N2O3S. The molecule has 0 aliphatic carbocycles. The zero-order chi connectivity index (χ0) is 12.3. The second kappa shape index (κ2) is 4.62. The van der Waals surface area contributed by atoms with Crippen LogP contribution in [-0.4, -0.2) is 15.0 Å². The fraction of sp³-hybridized carbons (Fsp3) is 0.250. The van der Waals surface area contributed by atoms with E-state index in [4.69, 9.17) is 10.9 Å². The molecule has 0 atom stereocenters. The molecule has 0 aliphatic rings. The van der Waals surface area contributed by atoms with Crippen LogP contribution in [0.15, 0.2) is 18.2 Å². The Morgan fingerprint density at radius 2 is 2.00 bits per heavy atom. The maximum atomic E-state index is 12.1. The van der Waals surface area contributed by atoms with Gasteiger partial charge in [0.05, 0.1) is 11.4 Å². The lowest BCUT2D eigenvalue weighted by Crippen LogP contribution is -2.16. The average molecular weight is 252 g/mol. The summed E-state index contributed by atoms with van der Waals surface area (Å²) in [7, 11) is -3.83. The predicted molar refractivity (Wildman–Crippen MR) is 54.3 cm³/mol. The topological polar surface area (TPSA) is 95.4 Å². The Hall–Kier alpha value is -1.41. The van der Waals surface area contributed by atoms with Crippen molar-refractivity contribution in [1.82, 2.24) is 0 Å². The van der Waals surface area contributed by atoms with Crippen molar-refractivity contribution >= 4 is 15.7 Å². The lowest BCUT2D eigenvalue weighted by Gasteiger charge is -2.12. The van der Waals surface area contributed by atoms with E-state index in [2.05, 4.69) is 4.74 Å². The van der Waals surface area contributed by atoms with E-state index in [9.17, 15) is 17.2 Å². The van der Waals surface area contributed by atoms with Crippen molar-refractivity contribution in [3.05, 3.63) is 23.8 Å². The Bertz CT molecular complexity index is 476. The minimum absolute atomic E-state index is 0.00259. The van der Waals surface area contributed by atoms with Crippen LogP contribution in [0.1, 0.15) is 5.56 Å². The Labute approximate surface area is 91.0 Å². The van der Waals surface area contributed by atoms with Crippen molar-refractivity contribution in [2.75, 3.05) is 5.73 Å². The van der Waals surface area contributed by atoms with E-state index in [1.165, 1.54) is 18.2 Å².